The summed E-state index contributed by atoms with van der Waals surface area (Å²) in [6, 6.07) is 1.16. The summed E-state index contributed by atoms with van der Waals surface area (Å²) in [6.07, 6.45) is 8.69. The Bertz CT molecular complexity index is 284. The molecule has 0 fully saturated rings. The first-order valence-corrected chi connectivity index (χ1v) is 9.69. The van der Waals surface area contributed by atoms with Gasteiger partial charge in [-0.3, -0.25) is 0 Å². The van der Waals surface area contributed by atoms with Gasteiger partial charge in [0, 0.05) is 12.1 Å². The maximum absolute atomic E-state index is 4.14. The molecule has 5 unspecified atom stereocenters. The first-order valence-electron chi connectivity index (χ1n) is 9.69. The second-order valence-electron chi connectivity index (χ2n) is 7.89. The summed E-state index contributed by atoms with van der Waals surface area (Å²) in [7, 11) is 0. The zero-order valence-electron chi connectivity index (χ0n) is 16.7. The van der Waals surface area contributed by atoms with Crippen molar-refractivity contribution in [3.05, 3.63) is 12.8 Å². The molecule has 0 aliphatic carbocycles. The van der Waals surface area contributed by atoms with Crippen molar-refractivity contribution in [1.29, 1.82) is 0 Å². The Kier molecular flexibility index (Phi) is 10.9. The van der Waals surface area contributed by atoms with Crippen LogP contribution >= 0.6 is 0 Å². The van der Waals surface area contributed by atoms with E-state index in [4.69, 9.17) is 0 Å². The molecule has 0 aliphatic rings. The summed E-state index contributed by atoms with van der Waals surface area (Å²) < 4.78 is 0. The molecule has 0 aromatic rings. The summed E-state index contributed by atoms with van der Waals surface area (Å²) >= 11 is 0. The highest BCUT2D eigenvalue weighted by Gasteiger charge is 2.29. The van der Waals surface area contributed by atoms with E-state index in [1.807, 2.05) is 0 Å². The molecule has 0 rings (SSSR count). The smallest absolute Gasteiger partial charge is 0.0287 e. The van der Waals surface area contributed by atoms with E-state index in [1.165, 1.54) is 32.1 Å². The molecule has 0 N–H and O–H groups in total. The van der Waals surface area contributed by atoms with Crippen molar-refractivity contribution in [2.24, 2.45) is 23.7 Å². The van der Waals surface area contributed by atoms with Gasteiger partial charge in [-0.15, -0.1) is 0 Å². The Hall–Kier alpha value is -0.460. The van der Waals surface area contributed by atoms with E-state index in [0.717, 1.165) is 17.8 Å². The van der Waals surface area contributed by atoms with Crippen LogP contribution in [0.1, 0.15) is 87.5 Å². The van der Waals surface area contributed by atoms with Crippen LogP contribution in [-0.4, -0.2) is 17.0 Å². The Balaban J connectivity index is 5.01. The van der Waals surface area contributed by atoms with Crippen molar-refractivity contribution in [2.45, 2.75) is 99.6 Å². The van der Waals surface area contributed by atoms with Crippen LogP contribution in [0.4, 0.5) is 0 Å². The minimum atomic E-state index is 0.568. The molecule has 0 saturated heterocycles. The van der Waals surface area contributed by atoms with Crippen LogP contribution in [0.5, 0.6) is 0 Å². The first-order chi connectivity index (χ1) is 10.3. The van der Waals surface area contributed by atoms with Gasteiger partial charge in [-0.2, -0.15) is 0 Å². The largest absolute Gasteiger partial charge is 0.372 e. The zero-order chi connectivity index (χ0) is 17.3. The van der Waals surface area contributed by atoms with Crippen molar-refractivity contribution in [2.75, 3.05) is 0 Å². The molecule has 1 nitrogen and oxygen atoms in total. The highest BCUT2D eigenvalue weighted by atomic mass is 15.2. The molecular formula is C21H43N. The van der Waals surface area contributed by atoms with Gasteiger partial charge in [0.25, 0.3) is 0 Å². The first kappa shape index (κ1) is 21.5. The van der Waals surface area contributed by atoms with Crippen LogP contribution in [0.2, 0.25) is 0 Å². The zero-order valence-corrected chi connectivity index (χ0v) is 16.7. The van der Waals surface area contributed by atoms with E-state index in [2.05, 4.69) is 73.1 Å². The van der Waals surface area contributed by atoms with Crippen LogP contribution < -0.4 is 0 Å². The number of nitrogens with zero attached hydrogens (tertiary/aromatic N) is 1. The lowest BCUT2D eigenvalue weighted by molar-refractivity contribution is 0.101. The van der Waals surface area contributed by atoms with Gasteiger partial charge in [-0.05, 0) is 56.6 Å². The molecule has 1 heteroatoms. The maximum atomic E-state index is 4.14. The van der Waals surface area contributed by atoms with Crippen molar-refractivity contribution < 1.29 is 0 Å². The topological polar surface area (TPSA) is 3.24 Å². The predicted octanol–water partition coefficient (Wildman–Crippen LogP) is 6.74. The van der Waals surface area contributed by atoms with Gasteiger partial charge in [0.05, 0.1) is 0 Å². The number of rotatable bonds is 12. The second-order valence-corrected chi connectivity index (χ2v) is 7.89. The van der Waals surface area contributed by atoms with E-state index in [0.29, 0.717) is 18.0 Å². The van der Waals surface area contributed by atoms with Crippen LogP contribution in [-0.2, 0) is 0 Å². The quantitative estimate of drug-likeness (QED) is 0.385. The highest BCUT2D eigenvalue weighted by Crippen LogP contribution is 2.30. The molecule has 0 bridgehead atoms. The van der Waals surface area contributed by atoms with Crippen LogP contribution in [0.3, 0.4) is 0 Å². The number of hydrogen-bond acceptors (Lipinski definition) is 1. The molecular weight excluding hydrogens is 266 g/mol. The molecule has 0 spiro atoms. The van der Waals surface area contributed by atoms with Crippen LogP contribution in [0.25, 0.3) is 0 Å². The van der Waals surface area contributed by atoms with Crippen molar-refractivity contribution >= 4 is 0 Å². The average Bonchev–Trinajstić information content (AvgIpc) is 2.49. The van der Waals surface area contributed by atoms with Crippen molar-refractivity contribution in [3.63, 3.8) is 0 Å². The maximum Gasteiger partial charge on any atom is 0.0287 e. The van der Waals surface area contributed by atoms with Crippen molar-refractivity contribution in [1.82, 2.24) is 4.90 Å². The Morgan fingerprint density at radius 1 is 0.955 bits per heavy atom. The summed E-state index contributed by atoms with van der Waals surface area (Å²) in [5.41, 5.74) is 0. The third-order valence-corrected chi connectivity index (χ3v) is 5.84. The molecule has 0 aliphatic heterocycles. The van der Waals surface area contributed by atoms with Crippen molar-refractivity contribution in [3.8, 4) is 0 Å². The molecule has 0 amide bonds. The van der Waals surface area contributed by atoms with Crippen LogP contribution in [0.15, 0.2) is 12.8 Å². The van der Waals surface area contributed by atoms with Gasteiger partial charge in [-0.1, -0.05) is 67.4 Å². The minimum Gasteiger partial charge on any atom is -0.372 e. The van der Waals surface area contributed by atoms with Crippen LogP contribution in [0, 0.1) is 23.7 Å². The lowest BCUT2D eigenvalue weighted by Crippen LogP contribution is -2.44. The van der Waals surface area contributed by atoms with Gasteiger partial charge in [0.1, 0.15) is 0 Å². The van der Waals surface area contributed by atoms with E-state index >= 15 is 0 Å². The summed E-state index contributed by atoms with van der Waals surface area (Å²) in [4.78, 5) is 2.56. The third-order valence-electron chi connectivity index (χ3n) is 5.84. The third kappa shape index (κ3) is 6.75. The van der Waals surface area contributed by atoms with E-state index in [-0.39, 0.29) is 0 Å². The van der Waals surface area contributed by atoms with Gasteiger partial charge in [-0.25, -0.2) is 0 Å². The van der Waals surface area contributed by atoms with E-state index in [9.17, 15) is 0 Å². The summed E-state index contributed by atoms with van der Waals surface area (Å²) in [6.45, 7) is 23.1. The Morgan fingerprint density at radius 2 is 1.55 bits per heavy atom. The molecule has 0 heterocycles. The second kappa shape index (κ2) is 11.1. The standard InChI is InChI=1S/C21H43N/c1-10-13-14-21(15-16(4)5)20(9)22(12-3)19(8)18(7)17(6)11-2/h12,16-21H,3,10-11,13-15H2,1-2,4-9H3. The molecule has 22 heavy (non-hydrogen) atoms. The van der Waals surface area contributed by atoms with Gasteiger partial charge >= 0.3 is 0 Å². The number of hydrogen-bond donors (Lipinski definition) is 0. The number of unbranched alkanes of at least 4 members (excludes halogenated alkanes) is 1. The fraction of sp³-hybridized carbons (Fsp3) is 0.905. The normalized spacial score (nSPS) is 18.6. The lowest BCUT2D eigenvalue weighted by atomic mass is 9.83. The van der Waals surface area contributed by atoms with Gasteiger partial charge in [0.15, 0.2) is 0 Å². The highest BCUT2D eigenvalue weighted by molar-refractivity contribution is 4.89. The predicted molar refractivity (Wildman–Crippen MR) is 102 cm³/mol. The fourth-order valence-electron chi connectivity index (χ4n) is 3.69. The molecule has 0 saturated carbocycles. The molecule has 5 atom stereocenters. The van der Waals surface area contributed by atoms with E-state index < -0.39 is 0 Å². The molecule has 132 valence electrons. The van der Waals surface area contributed by atoms with Gasteiger partial charge < -0.3 is 4.90 Å². The molecule has 0 aromatic carbocycles. The Labute approximate surface area is 141 Å². The van der Waals surface area contributed by atoms with E-state index in [1.54, 1.807) is 0 Å². The summed E-state index contributed by atoms with van der Waals surface area (Å²) in [5, 5.41) is 0. The molecule has 0 aromatic heterocycles. The summed E-state index contributed by atoms with van der Waals surface area (Å²) in [5.74, 6) is 3.03. The monoisotopic (exact) mass is 309 g/mol. The average molecular weight is 310 g/mol. The fourth-order valence-corrected chi connectivity index (χ4v) is 3.69. The lowest BCUT2D eigenvalue weighted by Gasteiger charge is -2.42. The SMILES string of the molecule is C=CN(C(C)C(CCCC)CC(C)C)C(C)C(C)C(C)CC. The Morgan fingerprint density at radius 3 is 1.95 bits per heavy atom. The van der Waals surface area contributed by atoms with Gasteiger partial charge in [0.2, 0.25) is 0 Å². The minimum absolute atomic E-state index is 0.568. The molecule has 0 radical (unpaired) electrons.